The number of ether oxygens (including phenoxy) is 1. The molecule has 0 aliphatic heterocycles. The predicted octanol–water partition coefficient (Wildman–Crippen LogP) is 4.13. The SMILES string of the molecule is CC(C)OC(C(N)Nc1ccccc1Cl)[C@H](N)CC1CCCCC1. The first-order valence-electron chi connectivity index (χ1n) is 9.15. The molecule has 1 aromatic rings. The maximum absolute atomic E-state index is 6.51. The maximum Gasteiger partial charge on any atom is 0.106 e. The van der Waals surface area contributed by atoms with Gasteiger partial charge in [-0.05, 0) is 38.3 Å². The van der Waals surface area contributed by atoms with Crippen molar-refractivity contribution in [3.05, 3.63) is 29.3 Å². The van der Waals surface area contributed by atoms with E-state index >= 15 is 0 Å². The van der Waals surface area contributed by atoms with Crippen molar-refractivity contribution < 1.29 is 4.74 Å². The van der Waals surface area contributed by atoms with Crippen molar-refractivity contribution in [2.24, 2.45) is 17.4 Å². The molecule has 0 amide bonds. The van der Waals surface area contributed by atoms with E-state index in [4.69, 9.17) is 27.8 Å². The topological polar surface area (TPSA) is 73.3 Å². The number of rotatable bonds is 8. The number of halogens is 1. The zero-order valence-electron chi connectivity index (χ0n) is 14.9. The van der Waals surface area contributed by atoms with Gasteiger partial charge in [-0.3, -0.25) is 0 Å². The van der Waals surface area contributed by atoms with Gasteiger partial charge in [-0.2, -0.15) is 0 Å². The molecule has 1 fully saturated rings. The summed E-state index contributed by atoms with van der Waals surface area (Å²) < 4.78 is 6.07. The van der Waals surface area contributed by atoms with Gasteiger partial charge in [-0.1, -0.05) is 55.8 Å². The summed E-state index contributed by atoms with van der Waals surface area (Å²) in [7, 11) is 0. The van der Waals surface area contributed by atoms with Crippen LogP contribution in [0.3, 0.4) is 0 Å². The van der Waals surface area contributed by atoms with Crippen LogP contribution in [0.5, 0.6) is 0 Å². The van der Waals surface area contributed by atoms with Gasteiger partial charge in [0.1, 0.15) is 12.3 Å². The molecule has 0 bridgehead atoms. The number of nitrogens with one attached hydrogen (secondary N) is 1. The third kappa shape index (κ3) is 5.92. The van der Waals surface area contributed by atoms with Crippen LogP contribution in [-0.2, 0) is 4.74 Å². The van der Waals surface area contributed by atoms with Crippen molar-refractivity contribution in [3.63, 3.8) is 0 Å². The monoisotopic (exact) mass is 353 g/mol. The van der Waals surface area contributed by atoms with E-state index in [1.54, 1.807) is 0 Å². The molecule has 0 radical (unpaired) electrons. The van der Waals surface area contributed by atoms with Gasteiger partial charge < -0.3 is 21.5 Å². The van der Waals surface area contributed by atoms with Gasteiger partial charge in [0.15, 0.2) is 0 Å². The molecule has 1 aliphatic carbocycles. The Bertz CT molecular complexity index is 491. The third-order valence-electron chi connectivity index (χ3n) is 4.73. The number of hydrogen-bond donors (Lipinski definition) is 3. The summed E-state index contributed by atoms with van der Waals surface area (Å²) in [4.78, 5) is 0. The minimum atomic E-state index is -0.397. The third-order valence-corrected chi connectivity index (χ3v) is 5.06. The number of hydrogen-bond acceptors (Lipinski definition) is 4. The quantitative estimate of drug-likeness (QED) is 0.614. The summed E-state index contributed by atoms with van der Waals surface area (Å²) >= 11 is 6.22. The lowest BCUT2D eigenvalue weighted by Crippen LogP contribution is -2.54. The van der Waals surface area contributed by atoms with Crippen LogP contribution in [-0.4, -0.2) is 24.4 Å². The molecule has 1 saturated carbocycles. The lowest BCUT2D eigenvalue weighted by molar-refractivity contribution is -0.0210. The van der Waals surface area contributed by atoms with Crippen molar-refractivity contribution in [1.82, 2.24) is 0 Å². The fourth-order valence-electron chi connectivity index (χ4n) is 3.55. The van der Waals surface area contributed by atoms with E-state index in [0.717, 1.165) is 12.1 Å². The maximum atomic E-state index is 6.51. The van der Waals surface area contributed by atoms with Gasteiger partial charge in [0, 0.05) is 6.04 Å². The fourth-order valence-corrected chi connectivity index (χ4v) is 3.74. The standard InChI is InChI=1S/C19H32ClN3O/c1-13(2)24-18(16(21)12-14-8-4-3-5-9-14)19(22)23-17-11-7-6-10-15(17)20/h6-7,10-11,13-14,16,18-19,23H,3-5,8-9,12,21-22H2,1-2H3/t16-,18?,19?/m1/s1. The Morgan fingerprint density at radius 2 is 1.83 bits per heavy atom. The zero-order valence-corrected chi connectivity index (χ0v) is 15.6. The van der Waals surface area contributed by atoms with Gasteiger partial charge in [0.25, 0.3) is 0 Å². The highest BCUT2D eigenvalue weighted by Gasteiger charge is 2.29. The van der Waals surface area contributed by atoms with E-state index in [9.17, 15) is 0 Å². The van der Waals surface area contributed by atoms with Gasteiger partial charge in [0.2, 0.25) is 0 Å². The Morgan fingerprint density at radius 3 is 2.46 bits per heavy atom. The van der Waals surface area contributed by atoms with Crippen molar-refractivity contribution >= 4 is 17.3 Å². The molecule has 1 aliphatic rings. The summed E-state index contributed by atoms with van der Waals surface area (Å²) in [5, 5.41) is 3.92. The highest BCUT2D eigenvalue weighted by atomic mass is 35.5. The first-order chi connectivity index (χ1) is 11.5. The van der Waals surface area contributed by atoms with Crippen LogP contribution in [0.15, 0.2) is 24.3 Å². The Balaban J connectivity index is 2.01. The Hall–Kier alpha value is -0.810. The minimum absolute atomic E-state index is 0.0755. The van der Waals surface area contributed by atoms with Crippen LogP contribution < -0.4 is 16.8 Å². The zero-order chi connectivity index (χ0) is 17.5. The molecular formula is C19H32ClN3O. The molecule has 2 unspecified atom stereocenters. The number of para-hydroxylation sites is 1. The molecule has 24 heavy (non-hydrogen) atoms. The van der Waals surface area contributed by atoms with Gasteiger partial charge in [0.05, 0.1) is 16.8 Å². The molecule has 2 rings (SSSR count). The number of benzene rings is 1. The first kappa shape index (κ1) is 19.5. The second kappa shape index (κ2) is 9.62. The molecule has 0 saturated heterocycles. The molecule has 0 spiro atoms. The van der Waals surface area contributed by atoms with Crippen LogP contribution in [0.4, 0.5) is 5.69 Å². The average Bonchev–Trinajstić information content (AvgIpc) is 2.55. The van der Waals surface area contributed by atoms with E-state index in [2.05, 4.69) is 5.32 Å². The van der Waals surface area contributed by atoms with E-state index in [1.807, 2.05) is 38.1 Å². The number of anilines is 1. The highest BCUT2D eigenvalue weighted by molar-refractivity contribution is 6.33. The van der Waals surface area contributed by atoms with Crippen molar-refractivity contribution in [2.75, 3.05) is 5.32 Å². The lowest BCUT2D eigenvalue weighted by atomic mass is 9.83. The van der Waals surface area contributed by atoms with Crippen LogP contribution in [0, 0.1) is 5.92 Å². The Labute approximate surface area is 151 Å². The van der Waals surface area contributed by atoms with Crippen molar-refractivity contribution in [3.8, 4) is 0 Å². The number of nitrogens with two attached hydrogens (primary N) is 2. The molecule has 3 atom stereocenters. The normalized spacial score (nSPS) is 19.9. The lowest BCUT2D eigenvalue weighted by Gasteiger charge is -2.34. The molecule has 0 heterocycles. The summed E-state index contributed by atoms with van der Waals surface area (Å²) in [5.41, 5.74) is 13.7. The van der Waals surface area contributed by atoms with Crippen LogP contribution >= 0.6 is 11.6 Å². The second-order valence-corrected chi connectivity index (χ2v) is 7.61. The fraction of sp³-hybridized carbons (Fsp3) is 0.684. The van der Waals surface area contributed by atoms with Crippen LogP contribution in [0.1, 0.15) is 52.4 Å². The molecule has 0 aromatic heterocycles. The summed E-state index contributed by atoms with van der Waals surface area (Å²) in [6.45, 7) is 4.03. The van der Waals surface area contributed by atoms with Crippen LogP contribution in [0.25, 0.3) is 0 Å². The van der Waals surface area contributed by atoms with Gasteiger partial charge in [-0.25, -0.2) is 0 Å². The second-order valence-electron chi connectivity index (χ2n) is 7.20. The Kier molecular flexibility index (Phi) is 7.82. The van der Waals surface area contributed by atoms with E-state index in [0.29, 0.717) is 10.9 Å². The van der Waals surface area contributed by atoms with E-state index in [-0.39, 0.29) is 18.2 Å². The first-order valence-corrected chi connectivity index (χ1v) is 9.53. The Morgan fingerprint density at radius 1 is 1.17 bits per heavy atom. The van der Waals surface area contributed by atoms with Crippen molar-refractivity contribution in [2.45, 2.75) is 76.8 Å². The summed E-state index contributed by atoms with van der Waals surface area (Å²) in [6, 6.07) is 7.51. The largest absolute Gasteiger partial charge is 0.370 e. The summed E-state index contributed by atoms with van der Waals surface area (Å²) in [6.07, 6.45) is 6.93. The van der Waals surface area contributed by atoms with Crippen LogP contribution in [0.2, 0.25) is 5.02 Å². The minimum Gasteiger partial charge on any atom is -0.370 e. The molecule has 5 N–H and O–H groups in total. The average molecular weight is 354 g/mol. The molecular weight excluding hydrogens is 322 g/mol. The van der Waals surface area contributed by atoms with Gasteiger partial charge >= 0.3 is 0 Å². The predicted molar refractivity (Wildman–Crippen MR) is 102 cm³/mol. The smallest absolute Gasteiger partial charge is 0.106 e. The van der Waals surface area contributed by atoms with Gasteiger partial charge in [-0.15, -0.1) is 0 Å². The highest BCUT2D eigenvalue weighted by Crippen LogP contribution is 2.29. The molecule has 5 heteroatoms. The molecule has 136 valence electrons. The van der Waals surface area contributed by atoms with E-state index < -0.39 is 6.17 Å². The molecule has 1 aromatic carbocycles. The summed E-state index contributed by atoms with van der Waals surface area (Å²) in [5.74, 6) is 0.694. The molecule has 4 nitrogen and oxygen atoms in total. The van der Waals surface area contributed by atoms with Crippen molar-refractivity contribution in [1.29, 1.82) is 0 Å². The van der Waals surface area contributed by atoms with E-state index in [1.165, 1.54) is 32.1 Å².